The molecule has 100 valence electrons. The van der Waals surface area contributed by atoms with Crippen molar-refractivity contribution in [3.8, 4) is 0 Å². The fourth-order valence-electron chi connectivity index (χ4n) is 3.59. The zero-order valence-electron chi connectivity index (χ0n) is 11.8. The molecule has 3 unspecified atom stereocenters. The molecule has 2 rings (SSSR count). The van der Waals surface area contributed by atoms with E-state index in [4.69, 9.17) is 0 Å². The Balaban J connectivity index is 1.80. The first-order valence-corrected chi connectivity index (χ1v) is 7.46. The van der Waals surface area contributed by atoms with E-state index in [9.17, 15) is 0 Å². The molecule has 1 saturated heterocycles. The van der Waals surface area contributed by atoms with Crippen LogP contribution in [0.3, 0.4) is 0 Å². The quantitative estimate of drug-likeness (QED) is 0.803. The average molecular weight is 239 g/mol. The second kappa shape index (κ2) is 6.17. The highest BCUT2D eigenvalue weighted by Crippen LogP contribution is 2.26. The zero-order chi connectivity index (χ0) is 12.3. The van der Waals surface area contributed by atoms with Crippen LogP contribution in [-0.2, 0) is 0 Å². The van der Waals surface area contributed by atoms with Crippen LogP contribution >= 0.6 is 0 Å². The van der Waals surface area contributed by atoms with E-state index >= 15 is 0 Å². The topological polar surface area (TPSA) is 18.5 Å². The van der Waals surface area contributed by atoms with E-state index < -0.39 is 0 Å². The molecule has 1 aliphatic carbocycles. The summed E-state index contributed by atoms with van der Waals surface area (Å²) in [5.74, 6) is 0. The van der Waals surface area contributed by atoms with Gasteiger partial charge in [0.05, 0.1) is 0 Å². The lowest BCUT2D eigenvalue weighted by atomic mass is 10.1. The molecule has 2 fully saturated rings. The van der Waals surface area contributed by atoms with Crippen molar-refractivity contribution in [3.63, 3.8) is 0 Å². The number of hydrogen-bond acceptors (Lipinski definition) is 3. The van der Waals surface area contributed by atoms with Crippen molar-refractivity contribution in [2.24, 2.45) is 0 Å². The van der Waals surface area contributed by atoms with Crippen molar-refractivity contribution in [1.82, 2.24) is 15.1 Å². The van der Waals surface area contributed by atoms with E-state index in [2.05, 4.69) is 35.9 Å². The summed E-state index contributed by atoms with van der Waals surface area (Å²) in [5.41, 5.74) is 0. The molecule has 1 saturated carbocycles. The van der Waals surface area contributed by atoms with Gasteiger partial charge in [-0.3, -0.25) is 9.80 Å². The Labute approximate surface area is 107 Å². The van der Waals surface area contributed by atoms with Gasteiger partial charge in [0.1, 0.15) is 0 Å². The van der Waals surface area contributed by atoms with Crippen molar-refractivity contribution >= 4 is 0 Å². The summed E-state index contributed by atoms with van der Waals surface area (Å²) in [5, 5.41) is 3.61. The molecule has 0 aromatic rings. The molecule has 0 bridgehead atoms. The first kappa shape index (κ1) is 13.3. The molecule has 0 amide bonds. The van der Waals surface area contributed by atoms with Crippen LogP contribution in [0.25, 0.3) is 0 Å². The molecule has 0 aromatic carbocycles. The minimum atomic E-state index is 0.743. The van der Waals surface area contributed by atoms with Gasteiger partial charge in [0.2, 0.25) is 0 Å². The van der Waals surface area contributed by atoms with Crippen molar-refractivity contribution in [2.45, 2.75) is 58.2 Å². The van der Waals surface area contributed by atoms with Crippen LogP contribution in [0.15, 0.2) is 0 Å². The van der Waals surface area contributed by atoms with Crippen LogP contribution in [0.1, 0.15) is 40.0 Å². The van der Waals surface area contributed by atoms with Gasteiger partial charge < -0.3 is 5.32 Å². The third-order valence-electron chi connectivity index (χ3n) is 4.62. The molecule has 3 nitrogen and oxygen atoms in total. The third kappa shape index (κ3) is 3.21. The lowest BCUT2D eigenvalue weighted by molar-refractivity contribution is 0.0598. The van der Waals surface area contributed by atoms with Crippen LogP contribution in [0.4, 0.5) is 0 Å². The normalized spacial score (nSPS) is 36.5. The Morgan fingerprint density at radius 2 is 2.00 bits per heavy atom. The highest BCUT2D eigenvalue weighted by atomic mass is 15.3. The predicted molar refractivity (Wildman–Crippen MR) is 73.4 cm³/mol. The van der Waals surface area contributed by atoms with Gasteiger partial charge in [0.25, 0.3) is 0 Å². The molecule has 3 heteroatoms. The van der Waals surface area contributed by atoms with Crippen LogP contribution in [0.2, 0.25) is 0 Å². The number of likely N-dealkylation sites (N-methyl/N-ethyl adjacent to an activating group) is 1. The third-order valence-corrected chi connectivity index (χ3v) is 4.62. The van der Waals surface area contributed by atoms with Gasteiger partial charge in [-0.05, 0) is 39.3 Å². The van der Waals surface area contributed by atoms with E-state index in [0.29, 0.717) is 0 Å². The maximum atomic E-state index is 3.61. The van der Waals surface area contributed by atoms with Gasteiger partial charge in [0, 0.05) is 37.8 Å². The predicted octanol–water partition coefficient (Wildman–Crippen LogP) is 1.54. The van der Waals surface area contributed by atoms with E-state index in [1.54, 1.807) is 0 Å². The minimum Gasteiger partial charge on any atom is -0.314 e. The molecule has 1 heterocycles. The van der Waals surface area contributed by atoms with E-state index in [-0.39, 0.29) is 0 Å². The Bertz CT molecular complexity index is 232. The first-order chi connectivity index (χ1) is 8.24. The van der Waals surface area contributed by atoms with Gasteiger partial charge in [0.15, 0.2) is 0 Å². The zero-order valence-corrected chi connectivity index (χ0v) is 11.8. The van der Waals surface area contributed by atoms with Crippen molar-refractivity contribution in [3.05, 3.63) is 0 Å². The SMILES string of the molecule is CCNC1CCC(N2CCN(CC)C(C)C2)C1. The molecule has 0 radical (unpaired) electrons. The van der Waals surface area contributed by atoms with Gasteiger partial charge in [-0.25, -0.2) is 0 Å². The van der Waals surface area contributed by atoms with E-state index in [1.165, 1.54) is 45.4 Å². The Hall–Kier alpha value is -0.120. The van der Waals surface area contributed by atoms with Crippen LogP contribution in [-0.4, -0.2) is 60.6 Å². The van der Waals surface area contributed by atoms with Crippen molar-refractivity contribution < 1.29 is 0 Å². The summed E-state index contributed by atoms with van der Waals surface area (Å²) in [7, 11) is 0. The molecular weight excluding hydrogens is 210 g/mol. The Morgan fingerprint density at radius 1 is 1.18 bits per heavy atom. The van der Waals surface area contributed by atoms with Crippen LogP contribution in [0, 0.1) is 0 Å². The summed E-state index contributed by atoms with van der Waals surface area (Å²) in [6, 6.07) is 2.37. The maximum absolute atomic E-state index is 3.61. The monoisotopic (exact) mass is 239 g/mol. The second-order valence-corrected chi connectivity index (χ2v) is 5.69. The van der Waals surface area contributed by atoms with Gasteiger partial charge in [-0.2, -0.15) is 0 Å². The molecule has 3 atom stereocenters. The van der Waals surface area contributed by atoms with Crippen LogP contribution < -0.4 is 5.32 Å². The highest BCUT2D eigenvalue weighted by Gasteiger charge is 2.32. The summed E-state index contributed by atoms with van der Waals surface area (Å²) >= 11 is 0. The van der Waals surface area contributed by atoms with Crippen molar-refractivity contribution in [2.75, 3.05) is 32.7 Å². The van der Waals surface area contributed by atoms with E-state index in [0.717, 1.165) is 24.7 Å². The summed E-state index contributed by atoms with van der Waals surface area (Å²) in [4.78, 5) is 5.35. The average Bonchev–Trinajstić information content (AvgIpc) is 2.78. The Kier molecular flexibility index (Phi) is 4.83. The van der Waals surface area contributed by atoms with Gasteiger partial charge in [-0.1, -0.05) is 13.8 Å². The van der Waals surface area contributed by atoms with Gasteiger partial charge in [-0.15, -0.1) is 0 Å². The summed E-state index contributed by atoms with van der Waals surface area (Å²) < 4.78 is 0. The number of piperazine rings is 1. The number of rotatable bonds is 4. The fourth-order valence-corrected chi connectivity index (χ4v) is 3.59. The Morgan fingerprint density at radius 3 is 2.65 bits per heavy atom. The standard InChI is InChI=1S/C14H29N3/c1-4-15-13-6-7-14(10-13)17-9-8-16(5-2)12(3)11-17/h12-15H,4-11H2,1-3H3. The second-order valence-electron chi connectivity index (χ2n) is 5.69. The van der Waals surface area contributed by atoms with E-state index in [1.807, 2.05) is 0 Å². The van der Waals surface area contributed by atoms with Gasteiger partial charge >= 0.3 is 0 Å². The molecule has 2 aliphatic rings. The largest absolute Gasteiger partial charge is 0.314 e. The molecule has 0 aromatic heterocycles. The first-order valence-electron chi connectivity index (χ1n) is 7.46. The summed E-state index contributed by atoms with van der Waals surface area (Å²) in [6.45, 7) is 13.0. The fraction of sp³-hybridized carbons (Fsp3) is 1.00. The number of hydrogen-bond donors (Lipinski definition) is 1. The number of nitrogens with one attached hydrogen (secondary N) is 1. The van der Waals surface area contributed by atoms with Crippen molar-refractivity contribution in [1.29, 1.82) is 0 Å². The molecule has 1 aliphatic heterocycles. The molecule has 1 N–H and O–H groups in total. The molecule has 17 heavy (non-hydrogen) atoms. The smallest absolute Gasteiger partial charge is 0.0195 e. The maximum Gasteiger partial charge on any atom is 0.0195 e. The summed E-state index contributed by atoms with van der Waals surface area (Å²) in [6.07, 6.45) is 4.14. The minimum absolute atomic E-state index is 0.743. The highest BCUT2D eigenvalue weighted by molar-refractivity contribution is 4.90. The van der Waals surface area contributed by atoms with Crippen LogP contribution in [0.5, 0.6) is 0 Å². The lowest BCUT2D eigenvalue weighted by Gasteiger charge is -2.42. The number of nitrogens with zero attached hydrogens (tertiary/aromatic N) is 2. The lowest BCUT2D eigenvalue weighted by Crippen LogP contribution is -2.54. The molecule has 0 spiro atoms. The molecular formula is C14H29N3.